The number of hydrogen-bond donors (Lipinski definition) is 0. The molecule has 21 heavy (non-hydrogen) atoms. The van der Waals surface area contributed by atoms with Crippen molar-refractivity contribution in [3.8, 4) is 0 Å². The molecule has 0 N–H and O–H groups in total. The standard InChI is InChI=1S/C16H23BFNO2/c1-15(2)16(3,4)21-17(20-15)12-9-13(18)11-14(10-12)19-7-5-6-8-19/h9-11H,5-8H2,1-4H3. The molecule has 0 unspecified atom stereocenters. The van der Waals surface area contributed by atoms with Crippen LogP contribution in [0.3, 0.4) is 0 Å². The van der Waals surface area contributed by atoms with E-state index in [1.165, 1.54) is 18.9 Å². The molecule has 2 saturated heterocycles. The molecule has 0 aromatic heterocycles. The van der Waals surface area contributed by atoms with E-state index in [1.54, 1.807) is 6.07 Å². The lowest BCUT2D eigenvalue weighted by Gasteiger charge is -2.32. The molecule has 114 valence electrons. The fourth-order valence-electron chi connectivity index (χ4n) is 2.87. The van der Waals surface area contributed by atoms with Crippen LogP contribution in [0.1, 0.15) is 40.5 Å². The second kappa shape index (κ2) is 4.99. The van der Waals surface area contributed by atoms with Gasteiger partial charge in [-0.2, -0.15) is 0 Å². The smallest absolute Gasteiger partial charge is 0.399 e. The van der Waals surface area contributed by atoms with E-state index in [2.05, 4.69) is 4.90 Å². The number of benzene rings is 1. The van der Waals surface area contributed by atoms with Crippen molar-refractivity contribution in [1.29, 1.82) is 0 Å². The van der Waals surface area contributed by atoms with Crippen LogP contribution in [0.5, 0.6) is 0 Å². The molecule has 0 radical (unpaired) electrons. The number of rotatable bonds is 2. The molecular weight excluding hydrogens is 268 g/mol. The predicted octanol–water partition coefficient (Wildman–Crippen LogP) is 2.73. The van der Waals surface area contributed by atoms with Crippen molar-refractivity contribution in [2.45, 2.75) is 51.7 Å². The summed E-state index contributed by atoms with van der Waals surface area (Å²) in [7, 11) is -0.507. The summed E-state index contributed by atoms with van der Waals surface area (Å²) in [4.78, 5) is 2.22. The molecule has 0 bridgehead atoms. The molecule has 1 aromatic carbocycles. The first-order valence-electron chi connectivity index (χ1n) is 7.70. The Labute approximate surface area is 126 Å². The maximum atomic E-state index is 14.0. The molecule has 5 heteroatoms. The molecule has 0 saturated carbocycles. The second-order valence-electron chi connectivity index (χ2n) is 7.03. The Morgan fingerprint density at radius 3 is 2.14 bits per heavy atom. The lowest BCUT2D eigenvalue weighted by molar-refractivity contribution is 0.00578. The molecule has 3 rings (SSSR count). The molecule has 3 nitrogen and oxygen atoms in total. The minimum atomic E-state index is -0.507. The van der Waals surface area contributed by atoms with Crippen LogP contribution in [0.4, 0.5) is 10.1 Å². The fourth-order valence-corrected chi connectivity index (χ4v) is 2.87. The van der Waals surface area contributed by atoms with Gasteiger partial charge >= 0.3 is 7.12 Å². The summed E-state index contributed by atoms with van der Waals surface area (Å²) in [5, 5.41) is 0. The lowest BCUT2D eigenvalue weighted by Crippen LogP contribution is -2.41. The molecule has 0 aliphatic carbocycles. The van der Waals surface area contributed by atoms with Crippen LogP contribution in [-0.4, -0.2) is 31.4 Å². The lowest BCUT2D eigenvalue weighted by atomic mass is 9.79. The van der Waals surface area contributed by atoms with Crippen LogP contribution in [0.2, 0.25) is 0 Å². The van der Waals surface area contributed by atoms with Crippen molar-refractivity contribution >= 4 is 18.3 Å². The van der Waals surface area contributed by atoms with Gasteiger partial charge in [0.15, 0.2) is 0 Å². The van der Waals surface area contributed by atoms with Crippen LogP contribution in [0, 0.1) is 5.82 Å². The summed E-state index contributed by atoms with van der Waals surface area (Å²) >= 11 is 0. The summed E-state index contributed by atoms with van der Waals surface area (Å²) in [5.74, 6) is -0.232. The Hall–Kier alpha value is -1.07. The zero-order chi connectivity index (χ0) is 15.3. The predicted molar refractivity (Wildman–Crippen MR) is 83.6 cm³/mol. The number of hydrogen-bond acceptors (Lipinski definition) is 3. The maximum absolute atomic E-state index is 14.0. The van der Waals surface area contributed by atoms with Gasteiger partial charge < -0.3 is 14.2 Å². The first-order valence-corrected chi connectivity index (χ1v) is 7.70. The van der Waals surface area contributed by atoms with Crippen molar-refractivity contribution in [1.82, 2.24) is 0 Å². The van der Waals surface area contributed by atoms with E-state index in [0.717, 1.165) is 24.2 Å². The first-order chi connectivity index (χ1) is 9.78. The minimum absolute atomic E-state index is 0.232. The van der Waals surface area contributed by atoms with Gasteiger partial charge in [0.1, 0.15) is 5.82 Å². The van der Waals surface area contributed by atoms with Crippen LogP contribution in [-0.2, 0) is 9.31 Å². The summed E-state index contributed by atoms with van der Waals surface area (Å²) in [6.07, 6.45) is 2.34. The van der Waals surface area contributed by atoms with E-state index in [9.17, 15) is 4.39 Å². The highest BCUT2D eigenvalue weighted by atomic mass is 19.1. The quantitative estimate of drug-likeness (QED) is 0.782. The summed E-state index contributed by atoms with van der Waals surface area (Å²) in [5.41, 5.74) is 0.878. The average Bonchev–Trinajstić information content (AvgIpc) is 2.96. The molecule has 0 spiro atoms. The molecule has 2 fully saturated rings. The second-order valence-corrected chi connectivity index (χ2v) is 7.03. The summed E-state index contributed by atoms with van der Waals surface area (Å²) in [6.45, 7) is 10.0. The maximum Gasteiger partial charge on any atom is 0.495 e. The van der Waals surface area contributed by atoms with Crippen LogP contribution >= 0.6 is 0 Å². The number of halogens is 1. The third kappa shape index (κ3) is 2.69. The zero-order valence-corrected chi connectivity index (χ0v) is 13.3. The topological polar surface area (TPSA) is 21.7 Å². The highest BCUT2D eigenvalue weighted by Gasteiger charge is 2.51. The molecular formula is C16H23BFNO2. The van der Waals surface area contributed by atoms with Gasteiger partial charge in [-0.15, -0.1) is 0 Å². The Morgan fingerprint density at radius 1 is 1.00 bits per heavy atom. The van der Waals surface area contributed by atoms with Crippen molar-refractivity contribution in [2.24, 2.45) is 0 Å². The Morgan fingerprint density at radius 2 is 1.57 bits per heavy atom. The molecule has 0 atom stereocenters. The Bertz CT molecular complexity index is 525. The molecule has 0 amide bonds. The number of anilines is 1. The van der Waals surface area contributed by atoms with E-state index in [-0.39, 0.29) is 5.82 Å². The van der Waals surface area contributed by atoms with E-state index < -0.39 is 18.3 Å². The Kier molecular flexibility index (Phi) is 3.53. The van der Waals surface area contributed by atoms with Gasteiger partial charge in [0.05, 0.1) is 11.2 Å². The van der Waals surface area contributed by atoms with E-state index in [1.807, 2.05) is 33.8 Å². The van der Waals surface area contributed by atoms with Gasteiger partial charge in [-0.1, -0.05) is 0 Å². The first kappa shape index (κ1) is 14.9. The van der Waals surface area contributed by atoms with Gasteiger partial charge in [-0.25, -0.2) is 4.39 Å². The van der Waals surface area contributed by atoms with E-state index in [4.69, 9.17) is 9.31 Å². The summed E-state index contributed by atoms with van der Waals surface area (Å²) in [6, 6.07) is 5.11. The Balaban J connectivity index is 1.89. The van der Waals surface area contributed by atoms with Crippen LogP contribution < -0.4 is 10.4 Å². The monoisotopic (exact) mass is 291 g/mol. The largest absolute Gasteiger partial charge is 0.495 e. The summed E-state index contributed by atoms with van der Waals surface area (Å²) < 4.78 is 26.0. The highest BCUT2D eigenvalue weighted by molar-refractivity contribution is 6.62. The van der Waals surface area contributed by atoms with Gasteiger partial charge in [-0.05, 0) is 64.2 Å². The highest BCUT2D eigenvalue weighted by Crippen LogP contribution is 2.36. The SMILES string of the molecule is CC1(C)OB(c2cc(F)cc(N3CCCC3)c2)OC1(C)C. The third-order valence-electron chi connectivity index (χ3n) is 4.90. The molecule has 2 aliphatic rings. The van der Waals surface area contributed by atoms with Crippen LogP contribution in [0.25, 0.3) is 0 Å². The molecule has 1 aromatic rings. The van der Waals surface area contributed by atoms with E-state index in [0.29, 0.717) is 0 Å². The van der Waals surface area contributed by atoms with Crippen molar-refractivity contribution in [3.05, 3.63) is 24.0 Å². The van der Waals surface area contributed by atoms with E-state index >= 15 is 0 Å². The number of nitrogens with zero attached hydrogens (tertiary/aromatic N) is 1. The van der Waals surface area contributed by atoms with Gasteiger partial charge in [-0.3, -0.25) is 0 Å². The van der Waals surface area contributed by atoms with Crippen molar-refractivity contribution < 1.29 is 13.7 Å². The third-order valence-corrected chi connectivity index (χ3v) is 4.90. The molecule has 2 heterocycles. The van der Waals surface area contributed by atoms with Crippen molar-refractivity contribution in [2.75, 3.05) is 18.0 Å². The average molecular weight is 291 g/mol. The normalized spacial score (nSPS) is 23.9. The van der Waals surface area contributed by atoms with Crippen molar-refractivity contribution in [3.63, 3.8) is 0 Å². The minimum Gasteiger partial charge on any atom is -0.399 e. The van der Waals surface area contributed by atoms with Gasteiger partial charge in [0.2, 0.25) is 0 Å². The zero-order valence-electron chi connectivity index (χ0n) is 13.3. The van der Waals surface area contributed by atoms with Gasteiger partial charge in [0, 0.05) is 18.8 Å². The molecule has 2 aliphatic heterocycles. The van der Waals surface area contributed by atoms with Gasteiger partial charge in [0.25, 0.3) is 0 Å². The fraction of sp³-hybridized carbons (Fsp3) is 0.625. The van der Waals surface area contributed by atoms with Crippen LogP contribution in [0.15, 0.2) is 18.2 Å².